The van der Waals surface area contributed by atoms with Gasteiger partial charge in [-0.1, -0.05) is 42.5 Å². The molecule has 0 N–H and O–H groups in total. The molecule has 1 aliphatic rings. The summed E-state index contributed by atoms with van der Waals surface area (Å²) < 4.78 is 0. The van der Waals surface area contributed by atoms with Gasteiger partial charge in [0.25, 0.3) is 0 Å². The normalized spacial score (nSPS) is 15.4. The Labute approximate surface area is 155 Å². The molecule has 2 heterocycles. The summed E-state index contributed by atoms with van der Waals surface area (Å²) in [5.74, 6) is 2.62. The average molecular weight is 346 g/mol. The Kier molecular flexibility index (Phi) is 4.74. The first-order chi connectivity index (χ1) is 12.7. The highest BCUT2D eigenvalue weighted by atomic mass is 15.3. The van der Waals surface area contributed by atoms with E-state index in [2.05, 4.69) is 52.3 Å². The molecule has 0 saturated carbocycles. The Morgan fingerprint density at radius 3 is 2.35 bits per heavy atom. The van der Waals surface area contributed by atoms with Crippen molar-refractivity contribution in [2.24, 2.45) is 5.92 Å². The highest BCUT2D eigenvalue weighted by Gasteiger charge is 2.22. The molecule has 3 aromatic rings. The molecule has 1 aromatic heterocycles. The van der Waals surface area contributed by atoms with Crippen LogP contribution in [0.25, 0.3) is 10.9 Å². The fourth-order valence-electron chi connectivity index (χ4n) is 3.81. The lowest BCUT2D eigenvalue weighted by atomic mass is 9.90. The second-order valence-corrected chi connectivity index (χ2v) is 7.38. The van der Waals surface area contributed by atoms with Crippen LogP contribution < -0.4 is 9.80 Å². The van der Waals surface area contributed by atoms with E-state index >= 15 is 0 Å². The zero-order valence-electron chi connectivity index (χ0n) is 15.6. The number of hydrogen-bond acceptors (Lipinski definition) is 4. The average Bonchev–Trinajstić information content (AvgIpc) is 2.68. The largest absolute Gasteiger partial charge is 0.362 e. The van der Waals surface area contributed by atoms with Gasteiger partial charge in [-0.15, -0.1) is 0 Å². The van der Waals surface area contributed by atoms with E-state index in [0.29, 0.717) is 0 Å². The maximum atomic E-state index is 4.87. The minimum Gasteiger partial charge on any atom is -0.362 e. The van der Waals surface area contributed by atoms with E-state index in [-0.39, 0.29) is 0 Å². The number of benzene rings is 2. The summed E-state index contributed by atoms with van der Waals surface area (Å²) in [6.45, 7) is 2.06. The second kappa shape index (κ2) is 7.32. The summed E-state index contributed by atoms with van der Waals surface area (Å²) in [7, 11) is 4.09. The van der Waals surface area contributed by atoms with Gasteiger partial charge >= 0.3 is 0 Å². The van der Waals surface area contributed by atoms with Crippen molar-refractivity contribution in [2.45, 2.75) is 19.3 Å². The first kappa shape index (κ1) is 16.8. The van der Waals surface area contributed by atoms with Crippen LogP contribution in [0.4, 0.5) is 11.8 Å². The SMILES string of the molecule is CN(C)c1nc(N2CCC(Cc3ccccc3)CC2)nc2ccccc12. The van der Waals surface area contributed by atoms with E-state index in [4.69, 9.17) is 9.97 Å². The van der Waals surface area contributed by atoms with Gasteiger partial charge in [0.05, 0.1) is 5.52 Å². The van der Waals surface area contributed by atoms with Crippen molar-refractivity contribution >= 4 is 22.7 Å². The van der Waals surface area contributed by atoms with E-state index in [9.17, 15) is 0 Å². The molecule has 0 radical (unpaired) electrons. The Morgan fingerprint density at radius 2 is 1.62 bits per heavy atom. The van der Waals surface area contributed by atoms with Gasteiger partial charge in [0, 0.05) is 32.6 Å². The number of nitrogens with zero attached hydrogens (tertiary/aromatic N) is 4. The van der Waals surface area contributed by atoms with Crippen LogP contribution in [0.1, 0.15) is 18.4 Å². The van der Waals surface area contributed by atoms with Crippen LogP contribution in [0.3, 0.4) is 0 Å². The lowest BCUT2D eigenvalue weighted by Gasteiger charge is -2.32. The summed E-state index contributed by atoms with van der Waals surface area (Å²) in [6.07, 6.45) is 3.57. The second-order valence-electron chi connectivity index (χ2n) is 7.38. The zero-order valence-corrected chi connectivity index (χ0v) is 15.6. The molecule has 0 spiro atoms. The number of para-hydroxylation sites is 1. The van der Waals surface area contributed by atoms with E-state index in [1.165, 1.54) is 24.8 Å². The van der Waals surface area contributed by atoms with Crippen molar-refractivity contribution < 1.29 is 0 Å². The number of aromatic nitrogens is 2. The molecular formula is C22H26N4. The molecule has 4 heteroatoms. The molecule has 4 nitrogen and oxygen atoms in total. The maximum absolute atomic E-state index is 4.87. The van der Waals surface area contributed by atoms with Crippen LogP contribution in [0.15, 0.2) is 54.6 Å². The summed E-state index contributed by atoms with van der Waals surface area (Å²) in [6, 6.07) is 19.1. The van der Waals surface area contributed by atoms with Crippen molar-refractivity contribution in [1.82, 2.24) is 9.97 Å². The van der Waals surface area contributed by atoms with Crippen molar-refractivity contribution in [3.8, 4) is 0 Å². The lowest BCUT2D eigenvalue weighted by molar-refractivity contribution is 0.401. The molecule has 0 unspecified atom stereocenters. The van der Waals surface area contributed by atoms with E-state index < -0.39 is 0 Å². The van der Waals surface area contributed by atoms with Gasteiger partial charge in [-0.3, -0.25) is 0 Å². The highest BCUT2D eigenvalue weighted by Crippen LogP contribution is 2.28. The highest BCUT2D eigenvalue weighted by molar-refractivity contribution is 5.90. The van der Waals surface area contributed by atoms with Crippen LogP contribution >= 0.6 is 0 Å². The molecule has 26 heavy (non-hydrogen) atoms. The van der Waals surface area contributed by atoms with Crippen molar-refractivity contribution in [2.75, 3.05) is 37.0 Å². The number of hydrogen-bond donors (Lipinski definition) is 0. The predicted molar refractivity (Wildman–Crippen MR) is 109 cm³/mol. The quantitative estimate of drug-likeness (QED) is 0.710. The Hall–Kier alpha value is -2.62. The zero-order chi connectivity index (χ0) is 17.9. The maximum Gasteiger partial charge on any atom is 0.227 e. The first-order valence-corrected chi connectivity index (χ1v) is 9.43. The Bertz CT molecular complexity index is 868. The standard InChI is InChI=1S/C22H26N4/c1-25(2)21-19-10-6-7-11-20(19)23-22(24-21)26-14-12-18(13-15-26)16-17-8-4-3-5-9-17/h3-11,18H,12-16H2,1-2H3. The fraction of sp³-hybridized carbons (Fsp3) is 0.364. The van der Waals surface area contributed by atoms with Crippen molar-refractivity contribution in [3.05, 3.63) is 60.2 Å². The predicted octanol–water partition coefficient (Wildman–Crippen LogP) is 4.15. The van der Waals surface area contributed by atoms with Gasteiger partial charge in [-0.2, -0.15) is 4.98 Å². The van der Waals surface area contributed by atoms with Crippen molar-refractivity contribution in [3.63, 3.8) is 0 Å². The van der Waals surface area contributed by atoms with Crippen LogP contribution in [-0.4, -0.2) is 37.2 Å². The van der Waals surface area contributed by atoms with Gasteiger partial charge < -0.3 is 9.80 Å². The van der Waals surface area contributed by atoms with E-state index in [1.54, 1.807) is 0 Å². The third kappa shape index (κ3) is 3.50. The lowest BCUT2D eigenvalue weighted by Crippen LogP contribution is -2.35. The number of piperidine rings is 1. The molecule has 4 rings (SSSR count). The van der Waals surface area contributed by atoms with Crippen LogP contribution in [0.5, 0.6) is 0 Å². The molecule has 0 atom stereocenters. The molecule has 1 aliphatic heterocycles. The van der Waals surface area contributed by atoms with Crippen LogP contribution in [0, 0.1) is 5.92 Å². The molecule has 0 bridgehead atoms. The summed E-state index contributed by atoms with van der Waals surface area (Å²) in [5.41, 5.74) is 2.47. The summed E-state index contributed by atoms with van der Waals surface area (Å²) in [4.78, 5) is 14.1. The molecule has 0 aliphatic carbocycles. The molecule has 0 amide bonds. The molecule has 1 fully saturated rings. The molecule has 1 saturated heterocycles. The number of rotatable bonds is 4. The number of anilines is 2. The fourth-order valence-corrected chi connectivity index (χ4v) is 3.81. The van der Waals surface area contributed by atoms with Gasteiger partial charge in [0.2, 0.25) is 5.95 Å². The summed E-state index contributed by atoms with van der Waals surface area (Å²) >= 11 is 0. The monoisotopic (exact) mass is 346 g/mol. The topological polar surface area (TPSA) is 32.3 Å². The number of fused-ring (bicyclic) bond motifs is 1. The Morgan fingerprint density at radius 1 is 0.923 bits per heavy atom. The van der Waals surface area contributed by atoms with E-state index in [0.717, 1.165) is 41.7 Å². The summed E-state index contributed by atoms with van der Waals surface area (Å²) in [5, 5.41) is 1.11. The minimum absolute atomic E-state index is 0.752. The van der Waals surface area contributed by atoms with Gasteiger partial charge in [0.15, 0.2) is 0 Å². The minimum atomic E-state index is 0.752. The third-order valence-electron chi connectivity index (χ3n) is 5.26. The van der Waals surface area contributed by atoms with E-state index in [1.807, 2.05) is 26.2 Å². The van der Waals surface area contributed by atoms with Gasteiger partial charge in [-0.05, 0) is 42.9 Å². The molecule has 2 aromatic carbocycles. The van der Waals surface area contributed by atoms with Gasteiger partial charge in [-0.25, -0.2) is 4.98 Å². The van der Waals surface area contributed by atoms with Crippen molar-refractivity contribution in [1.29, 1.82) is 0 Å². The van der Waals surface area contributed by atoms with Gasteiger partial charge in [0.1, 0.15) is 5.82 Å². The third-order valence-corrected chi connectivity index (χ3v) is 5.26. The first-order valence-electron chi connectivity index (χ1n) is 9.43. The van der Waals surface area contributed by atoms with Crippen LogP contribution in [-0.2, 0) is 6.42 Å². The molecular weight excluding hydrogens is 320 g/mol. The smallest absolute Gasteiger partial charge is 0.227 e. The molecule has 134 valence electrons. The van der Waals surface area contributed by atoms with Crippen LogP contribution in [0.2, 0.25) is 0 Å². The Balaban J connectivity index is 1.51.